The molecule has 16 heavy (non-hydrogen) atoms. The van der Waals surface area contributed by atoms with Crippen LogP contribution in [-0.2, 0) is 23.5 Å². The molecule has 0 amide bonds. The van der Waals surface area contributed by atoms with Crippen LogP contribution in [0.2, 0.25) is 0 Å². The van der Waals surface area contributed by atoms with Gasteiger partial charge in [0.1, 0.15) is 5.82 Å². The summed E-state index contributed by atoms with van der Waals surface area (Å²) in [5, 5.41) is 0.546. The predicted octanol–water partition coefficient (Wildman–Crippen LogP) is 1.48. The molecule has 2 heterocycles. The fraction of sp³-hybridized carbons (Fsp3) is 0.636. The van der Waals surface area contributed by atoms with E-state index in [0.29, 0.717) is 24.0 Å². The molecule has 0 saturated carbocycles. The Balaban J connectivity index is 2.22. The molecule has 1 aliphatic heterocycles. The summed E-state index contributed by atoms with van der Waals surface area (Å²) in [5.74, 6) is 1.55. The third kappa shape index (κ3) is 2.65. The Morgan fingerprint density at radius 3 is 3.12 bits per heavy atom. The van der Waals surface area contributed by atoms with E-state index in [9.17, 15) is 4.79 Å². The van der Waals surface area contributed by atoms with Crippen molar-refractivity contribution in [2.75, 3.05) is 6.61 Å². The van der Waals surface area contributed by atoms with Crippen molar-refractivity contribution in [3.05, 3.63) is 27.4 Å². The molecule has 0 spiro atoms. The summed E-state index contributed by atoms with van der Waals surface area (Å²) in [6.07, 6.45) is 0.749. The maximum absolute atomic E-state index is 11.7. The molecule has 2 rings (SSSR count). The highest BCUT2D eigenvalue weighted by molar-refractivity contribution is 7.99. The normalized spacial score (nSPS) is 15.2. The van der Waals surface area contributed by atoms with Crippen LogP contribution in [0.4, 0.5) is 0 Å². The summed E-state index contributed by atoms with van der Waals surface area (Å²) >= 11 is 1.78. The number of fused-ring (bicyclic) bond motifs is 1. The molecule has 0 atom stereocenters. The van der Waals surface area contributed by atoms with Gasteiger partial charge in [0.25, 0.3) is 5.56 Å². The molecule has 4 nitrogen and oxygen atoms in total. The molecule has 0 unspecified atom stereocenters. The van der Waals surface area contributed by atoms with E-state index < -0.39 is 0 Å². The maximum Gasteiger partial charge on any atom is 0.256 e. The van der Waals surface area contributed by atoms with E-state index >= 15 is 0 Å². The third-order valence-corrected chi connectivity index (χ3v) is 3.54. The van der Waals surface area contributed by atoms with Gasteiger partial charge in [-0.05, 0) is 5.25 Å². The van der Waals surface area contributed by atoms with Crippen molar-refractivity contribution in [3.63, 3.8) is 0 Å². The van der Waals surface area contributed by atoms with E-state index in [1.54, 1.807) is 11.8 Å². The monoisotopic (exact) mass is 240 g/mol. The van der Waals surface area contributed by atoms with Crippen LogP contribution in [0.3, 0.4) is 0 Å². The Morgan fingerprint density at radius 1 is 1.56 bits per heavy atom. The van der Waals surface area contributed by atoms with Crippen LogP contribution < -0.4 is 5.56 Å². The van der Waals surface area contributed by atoms with Crippen molar-refractivity contribution in [1.29, 1.82) is 0 Å². The number of hydrogen-bond acceptors (Lipinski definition) is 4. The van der Waals surface area contributed by atoms with Gasteiger partial charge in [-0.25, -0.2) is 4.98 Å². The van der Waals surface area contributed by atoms with E-state index in [-0.39, 0.29) is 5.56 Å². The van der Waals surface area contributed by atoms with Gasteiger partial charge >= 0.3 is 0 Å². The number of aromatic nitrogens is 2. The Morgan fingerprint density at radius 2 is 2.38 bits per heavy atom. The summed E-state index contributed by atoms with van der Waals surface area (Å²) in [6.45, 7) is 5.33. The predicted molar refractivity (Wildman–Crippen MR) is 64.6 cm³/mol. The van der Waals surface area contributed by atoms with E-state index in [2.05, 4.69) is 23.8 Å². The molecule has 0 fully saturated rings. The average Bonchev–Trinajstić information content (AvgIpc) is 2.26. The standard InChI is InChI=1S/C11H16N2O2S/c1-7(2)16-6-10-12-9-3-4-15-5-8(9)11(14)13-10/h7H,3-6H2,1-2H3,(H,12,13,14). The number of nitrogens with one attached hydrogen (secondary N) is 1. The first-order valence-electron chi connectivity index (χ1n) is 5.47. The van der Waals surface area contributed by atoms with E-state index in [4.69, 9.17) is 4.74 Å². The van der Waals surface area contributed by atoms with Gasteiger partial charge < -0.3 is 9.72 Å². The lowest BCUT2D eigenvalue weighted by Gasteiger charge is -2.15. The molecule has 1 aliphatic rings. The van der Waals surface area contributed by atoms with Gasteiger partial charge in [0, 0.05) is 6.42 Å². The Kier molecular flexibility index (Phi) is 3.66. The van der Waals surface area contributed by atoms with Gasteiger partial charge in [-0.3, -0.25) is 4.79 Å². The molecular weight excluding hydrogens is 224 g/mol. The Hall–Kier alpha value is -0.810. The minimum Gasteiger partial charge on any atom is -0.376 e. The highest BCUT2D eigenvalue weighted by Gasteiger charge is 2.15. The maximum atomic E-state index is 11.7. The fourth-order valence-electron chi connectivity index (χ4n) is 1.61. The summed E-state index contributed by atoms with van der Waals surface area (Å²) in [4.78, 5) is 19.1. The van der Waals surface area contributed by atoms with E-state index in [1.807, 2.05) is 0 Å². The topological polar surface area (TPSA) is 55.0 Å². The Labute approximate surface area is 98.8 Å². The van der Waals surface area contributed by atoms with Crippen molar-refractivity contribution in [2.24, 2.45) is 0 Å². The molecule has 1 aromatic heterocycles. The zero-order chi connectivity index (χ0) is 11.5. The van der Waals surface area contributed by atoms with Crippen LogP contribution in [0.1, 0.15) is 30.9 Å². The lowest BCUT2D eigenvalue weighted by Crippen LogP contribution is -2.25. The number of thioether (sulfide) groups is 1. The number of ether oxygens (including phenoxy) is 1. The molecule has 0 radical (unpaired) electrons. The van der Waals surface area contributed by atoms with Gasteiger partial charge in [0.15, 0.2) is 0 Å². The molecular formula is C11H16N2O2S. The zero-order valence-corrected chi connectivity index (χ0v) is 10.4. The van der Waals surface area contributed by atoms with Crippen molar-refractivity contribution in [1.82, 2.24) is 9.97 Å². The van der Waals surface area contributed by atoms with Gasteiger partial charge in [0.2, 0.25) is 0 Å². The highest BCUT2D eigenvalue weighted by Crippen LogP contribution is 2.16. The van der Waals surface area contributed by atoms with Crippen molar-refractivity contribution in [2.45, 2.75) is 37.9 Å². The number of aromatic amines is 1. The first-order valence-corrected chi connectivity index (χ1v) is 6.52. The Bertz CT molecular complexity index is 428. The smallest absolute Gasteiger partial charge is 0.256 e. The zero-order valence-electron chi connectivity index (χ0n) is 9.58. The van der Waals surface area contributed by atoms with Crippen LogP contribution in [0.5, 0.6) is 0 Å². The lowest BCUT2D eigenvalue weighted by molar-refractivity contribution is 0.108. The van der Waals surface area contributed by atoms with Gasteiger partial charge in [-0.2, -0.15) is 11.8 Å². The molecule has 5 heteroatoms. The largest absolute Gasteiger partial charge is 0.376 e. The quantitative estimate of drug-likeness (QED) is 0.869. The second-order valence-corrected chi connectivity index (χ2v) is 5.67. The number of rotatable bonds is 3. The summed E-state index contributed by atoms with van der Waals surface area (Å²) in [5.41, 5.74) is 1.57. The highest BCUT2D eigenvalue weighted by atomic mass is 32.2. The summed E-state index contributed by atoms with van der Waals surface area (Å²) < 4.78 is 5.25. The van der Waals surface area contributed by atoms with Crippen molar-refractivity contribution in [3.8, 4) is 0 Å². The van der Waals surface area contributed by atoms with Gasteiger partial charge in [0.05, 0.1) is 30.2 Å². The van der Waals surface area contributed by atoms with Crippen LogP contribution in [0.15, 0.2) is 4.79 Å². The molecule has 0 bridgehead atoms. The SMILES string of the molecule is CC(C)SCc1nc2c(c(=O)[nH]1)COCC2. The molecule has 1 N–H and O–H groups in total. The second-order valence-electron chi connectivity index (χ2n) is 4.10. The van der Waals surface area contributed by atoms with Crippen molar-refractivity contribution >= 4 is 11.8 Å². The molecule has 0 aliphatic carbocycles. The average molecular weight is 240 g/mol. The summed E-state index contributed by atoms with van der Waals surface area (Å²) in [7, 11) is 0. The minimum absolute atomic E-state index is 0.0379. The molecule has 0 saturated heterocycles. The second kappa shape index (κ2) is 5.01. The van der Waals surface area contributed by atoms with Crippen LogP contribution in [-0.4, -0.2) is 21.8 Å². The molecule has 0 aromatic carbocycles. The van der Waals surface area contributed by atoms with Crippen LogP contribution in [0.25, 0.3) is 0 Å². The summed E-state index contributed by atoms with van der Waals surface area (Å²) in [6, 6.07) is 0. The number of hydrogen-bond donors (Lipinski definition) is 1. The van der Waals surface area contributed by atoms with E-state index in [0.717, 1.165) is 23.7 Å². The van der Waals surface area contributed by atoms with Crippen LogP contribution in [0, 0.1) is 0 Å². The lowest BCUT2D eigenvalue weighted by atomic mass is 10.1. The molecule has 1 aromatic rings. The number of H-pyrrole nitrogens is 1. The minimum atomic E-state index is -0.0379. The fourth-order valence-corrected chi connectivity index (χ4v) is 2.24. The third-order valence-electron chi connectivity index (χ3n) is 2.43. The van der Waals surface area contributed by atoms with Gasteiger partial charge in [-0.1, -0.05) is 13.8 Å². The first-order chi connectivity index (χ1) is 7.66. The van der Waals surface area contributed by atoms with Gasteiger partial charge in [-0.15, -0.1) is 0 Å². The number of nitrogens with zero attached hydrogens (tertiary/aromatic N) is 1. The van der Waals surface area contributed by atoms with Crippen LogP contribution >= 0.6 is 11.8 Å². The molecule has 88 valence electrons. The van der Waals surface area contributed by atoms with E-state index in [1.165, 1.54) is 0 Å². The first kappa shape index (κ1) is 11.7. The van der Waals surface area contributed by atoms with Crippen molar-refractivity contribution < 1.29 is 4.74 Å².